The Bertz CT molecular complexity index is 294. The van der Waals surface area contributed by atoms with Gasteiger partial charge in [-0.3, -0.25) is 9.59 Å². The molecule has 1 heterocycles. The molecule has 2 amide bonds. The number of alkyl halides is 3. The van der Waals surface area contributed by atoms with Gasteiger partial charge in [0.15, 0.2) is 0 Å². The van der Waals surface area contributed by atoms with Crippen LogP contribution < -0.4 is 10.6 Å². The van der Waals surface area contributed by atoms with E-state index < -0.39 is 30.5 Å². The summed E-state index contributed by atoms with van der Waals surface area (Å²) in [6, 6.07) is -0.944. The van der Waals surface area contributed by atoms with Crippen LogP contribution in [0.25, 0.3) is 0 Å². The number of halogens is 3. The van der Waals surface area contributed by atoms with E-state index >= 15 is 0 Å². The fourth-order valence-corrected chi connectivity index (χ4v) is 1.72. The highest BCUT2D eigenvalue weighted by Gasteiger charge is 2.32. The number of rotatable bonds is 3. The van der Waals surface area contributed by atoms with E-state index in [0.717, 1.165) is 0 Å². The Balaban J connectivity index is 2.36. The lowest BCUT2D eigenvalue weighted by molar-refractivity contribution is -0.142. The van der Waals surface area contributed by atoms with Crippen LogP contribution in [-0.2, 0) is 9.59 Å². The highest BCUT2D eigenvalue weighted by molar-refractivity contribution is 5.83. The van der Waals surface area contributed by atoms with Gasteiger partial charge in [-0.25, -0.2) is 0 Å². The Kier molecular flexibility index (Phi) is 4.36. The zero-order valence-corrected chi connectivity index (χ0v) is 9.43. The third kappa shape index (κ3) is 5.06. The summed E-state index contributed by atoms with van der Waals surface area (Å²) >= 11 is 0. The highest BCUT2D eigenvalue weighted by Crippen LogP contribution is 2.21. The molecular formula is C10H15F3N2O2. The van der Waals surface area contributed by atoms with Crippen molar-refractivity contribution in [2.75, 3.05) is 6.54 Å². The minimum atomic E-state index is -4.28. The number of carbonyl (C=O) groups excluding carboxylic acids is 2. The van der Waals surface area contributed by atoms with Gasteiger partial charge < -0.3 is 10.6 Å². The molecule has 0 spiro atoms. The van der Waals surface area contributed by atoms with Crippen molar-refractivity contribution < 1.29 is 22.8 Å². The second kappa shape index (κ2) is 5.37. The standard InChI is InChI=1S/C10H15F3N2O2/c1-6(4-10(11,12)13)15-9(17)7-2-3-8(16)14-5-7/h6-7H,2-5H2,1H3,(H,14,16)(H,15,17). The van der Waals surface area contributed by atoms with Crippen molar-refractivity contribution in [2.24, 2.45) is 5.92 Å². The van der Waals surface area contributed by atoms with Crippen molar-refractivity contribution in [3.63, 3.8) is 0 Å². The molecule has 1 rings (SSSR count). The number of nitrogens with one attached hydrogen (secondary N) is 2. The third-order valence-corrected chi connectivity index (χ3v) is 2.56. The van der Waals surface area contributed by atoms with E-state index in [1.807, 2.05) is 0 Å². The molecule has 1 saturated heterocycles. The van der Waals surface area contributed by atoms with E-state index in [1.165, 1.54) is 6.92 Å². The van der Waals surface area contributed by atoms with Gasteiger partial charge in [-0.2, -0.15) is 13.2 Å². The molecule has 17 heavy (non-hydrogen) atoms. The number of amides is 2. The van der Waals surface area contributed by atoms with Crippen LogP contribution >= 0.6 is 0 Å². The average molecular weight is 252 g/mol. The van der Waals surface area contributed by atoms with Crippen molar-refractivity contribution >= 4 is 11.8 Å². The molecule has 2 N–H and O–H groups in total. The van der Waals surface area contributed by atoms with E-state index in [9.17, 15) is 22.8 Å². The van der Waals surface area contributed by atoms with Gasteiger partial charge in [0.05, 0.1) is 12.3 Å². The van der Waals surface area contributed by atoms with Crippen molar-refractivity contribution in [3.8, 4) is 0 Å². The van der Waals surface area contributed by atoms with E-state index in [4.69, 9.17) is 0 Å². The van der Waals surface area contributed by atoms with Gasteiger partial charge in [0, 0.05) is 19.0 Å². The molecular weight excluding hydrogens is 237 g/mol. The van der Waals surface area contributed by atoms with Crippen LogP contribution in [0, 0.1) is 5.92 Å². The number of carbonyl (C=O) groups is 2. The van der Waals surface area contributed by atoms with Crippen LogP contribution in [0.4, 0.5) is 13.2 Å². The molecule has 98 valence electrons. The van der Waals surface area contributed by atoms with Crippen LogP contribution in [0.15, 0.2) is 0 Å². The summed E-state index contributed by atoms with van der Waals surface area (Å²) in [7, 11) is 0. The largest absolute Gasteiger partial charge is 0.391 e. The first-order valence-corrected chi connectivity index (χ1v) is 5.42. The zero-order valence-electron chi connectivity index (χ0n) is 9.43. The molecule has 2 unspecified atom stereocenters. The van der Waals surface area contributed by atoms with E-state index in [1.54, 1.807) is 0 Å². The predicted molar refractivity (Wildman–Crippen MR) is 54.0 cm³/mol. The quantitative estimate of drug-likeness (QED) is 0.786. The molecule has 1 aliphatic heterocycles. The maximum atomic E-state index is 12.0. The fraction of sp³-hybridized carbons (Fsp3) is 0.800. The van der Waals surface area contributed by atoms with Crippen LogP contribution in [-0.4, -0.2) is 30.6 Å². The lowest BCUT2D eigenvalue weighted by Crippen LogP contribution is -2.46. The summed E-state index contributed by atoms with van der Waals surface area (Å²) < 4.78 is 36.1. The smallest absolute Gasteiger partial charge is 0.355 e. The molecule has 0 aliphatic carbocycles. The first-order chi connectivity index (χ1) is 7.78. The molecule has 0 aromatic rings. The highest BCUT2D eigenvalue weighted by atomic mass is 19.4. The van der Waals surface area contributed by atoms with Crippen LogP contribution in [0.5, 0.6) is 0 Å². The summed E-state index contributed by atoms with van der Waals surface area (Å²) in [5.74, 6) is -0.984. The maximum absolute atomic E-state index is 12.0. The van der Waals surface area contributed by atoms with Gasteiger partial charge in [0.1, 0.15) is 0 Å². The zero-order chi connectivity index (χ0) is 13.1. The molecule has 7 heteroatoms. The Morgan fingerprint density at radius 1 is 1.59 bits per heavy atom. The Labute approximate surface area is 96.9 Å². The third-order valence-electron chi connectivity index (χ3n) is 2.56. The van der Waals surface area contributed by atoms with Gasteiger partial charge in [-0.05, 0) is 13.3 Å². The molecule has 4 nitrogen and oxygen atoms in total. The number of piperidine rings is 1. The van der Waals surface area contributed by atoms with Crippen molar-refractivity contribution in [2.45, 2.75) is 38.4 Å². The molecule has 0 radical (unpaired) electrons. The van der Waals surface area contributed by atoms with Gasteiger partial charge >= 0.3 is 6.18 Å². The Hall–Kier alpha value is -1.27. The summed E-state index contributed by atoms with van der Waals surface area (Å²) in [6.45, 7) is 1.51. The molecule has 1 fully saturated rings. The monoisotopic (exact) mass is 252 g/mol. The summed E-state index contributed by atoms with van der Waals surface area (Å²) in [5.41, 5.74) is 0. The van der Waals surface area contributed by atoms with Crippen molar-refractivity contribution in [3.05, 3.63) is 0 Å². The van der Waals surface area contributed by atoms with Gasteiger partial charge in [0.2, 0.25) is 11.8 Å². The van der Waals surface area contributed by atoms with Crippen LogP contribution in [0.2, 0.25) is 0 Å². The van der Waals surface area contributed by atoms with Crippen molar-refractivity contribution in [1.82, 2.24) is 10.6 Å². The van der Waals surface area contributed by atoms with Crippen LogP contribution in [0.3, 0.4) is 0 Å². The Morgan fingerprint density at radius 2 is 2.24 bits per heavy atom. The molecule has 2 atom stereocenters. The summed E-state index contributed by atoms with van der Waals surface area (Å²) in [6.07, 6.45) is -4.70. The fourth-order valence-electron chi connectivity index (χ4n) is 1.72. The lowest BCUT2D eigenvalue weighted by Gasteiger charge is -2.24. The maximum Gasteiger partial charge on any atom is 0.391 e. The lowest BCUT2D eigenvalue weighted by atomic mass is 9.98. The number of hydrogen-bond acceptors (Lipinski definition) is 2. The normalized spacial score (nSPS) is 22.8. The average Bonchev–Trinajstić information content (AvgIpc) is 2.15. The van der Waals surface area contributed by atoms with Crippen LogP contribution in [0.1, 0.15) is 26.2 Å². The van der Waals surface area contributed by atoms with Gasteiger partial charge in [-0.15, -0.1) is 0 Å². The summed E-state index contributed by atoms with van der Waals surface area (Å²) in [4.78, 5) is 22.4. The SMILES string of the molecule is CC(CC(F)(F)F)NC(=O)C1CCC(=O)NC1. The minimum Gasteiger partial charge on any atom is -0.355 e. The van der Waals surface area contributed by atoms with E-state index in [2.05, 4.69) is 10.6 Å². The Morgan fingerprint density at radius 3 is 2.71 bits per heavy atom. The van der Waals surface area contributed by atoms with Gasteiger partial charge in [-0.1, -0.05) is 0 Å². The van der Waals surface area contributed by atoms with Crippen molar-refractivity contribution in [1.29, 1.82) is 0 Å². The number of hydrogen-bond donors (Lipinski definition) is 2. The molecule has 0 saturated carbocycles. The minimum absolute atomic E-state index is 0.127. The second-order valence-corrected chi connectivity index (χ2v) is 4.27. The first-order valence-electron chi connectivity index (χ1n) is 5.42. The topological polar surface area (TPSA) is 58.2 Å². The summed E-state index contributed by atoms with van der Waals surface area (Å²) in [5, 5.41) is 4.82. The second-order valence-electron chi connectivity index (χ2n) is 4.27. The van der Waals surface area contributed by atoms with E-state index in [0.29, 0.717) is 6.42 Å². The predicted octanol–water partition coefficient (Wildman–Crippen LogP) is 0.970. The molecule has 0 aromatic heterocycles. The molecule has 0 aromatic carbocycles. The molecule has 0 bridgehead atoms. The molecule has 1 aliphatic rings. The first kappa shape index (κ1) is 13.8. The van der Waals surface area contributed by atoms with Gasteiger partial charge in [0.25, 0.3) is 0 Å². The van der Waals surface area contributed by atoms with E-state index in [-0.39, 0.29) is 18.9 Å².